The first-order chi connectivity index (χ1) is 8.52. The standard InChI is InChI=1S/C12H23N3O2S/c1-9(8-17-2)14-11(16)7-15-5-3-4-10(6-15)12(13)18/h9-10H,3-8H2,1-2H3,(H2,13,18)(H,14,16). The monoisotopic (exact) mass is 273 g/mol. The number of nitrogens with one attached hydrogen (secondary N) is 1. The van der Waals surface area contributed by atoms with Crippen molar-refractivity contribution in [2.45, 2.75) is 25.8 Å². The molecule has 1 aliphatic rings. The number of hydrogen-bond donors (Lipinski definition) is 2. The number of amides is 1. The molecule has 2 unspecified atom stereocenters. The molecular weight excluding hydrogens is 250 g/mol. The van der Waals surface area contributed by atoms with Gasteiger partial charge < -0.3 is 15.8 Å². The summed E-state index contributed by atoms with van der Waals surface area (Å²) in [5, 5.41) is 2.90. The molecule has 0 spiro atoms. The van der Waals surface area contributed by atoms with Gasteiger partial charge in [0.05, 0.1) is 18.1 Å². The zero-order valence-electron chi connectivity index (χ0n) is 11.1. The van der Waals surface area contributed by atoms with Gasteiger partial charge in [-0.1, -0.05) is 12.2 Å². The molecule has 104 valence electrons. The number of nitrogens with two attached hydrogens (primary N) is 1. The van der Waals surface area contributed by atoms with Crippen LogP contribution in [0.4, 0.5) is 0 Å². The molecule has 0 aliphatic carbocycles. The summed E-state index contributed by atoms with van der Waals surface area (Å²) in [6, 6.07) is 0.0404. The Balaban J connectivity index is 2.33. The van der Waals surface area contributed by atoms with Crippen LogP contribution in [0.2, 0.25) is 0 Å². The van der Waals surface area contributed by atoms with Crippen molar-refractivity contribution in [2.75, 3.05) is 33.4 Å². The number of carbonyl (C=O) groups excluding carboxylic acids is 1. The molecule has 5 nitrogen and oxygen atoms in total. The summed E-state index contributed by atoms with van der Waals surface area (Å²) in [5.74, 6) is 0.279. The van der Waals surface area contributed by atoms with Crippen LogP contribution >= 0.6 is 12.2 Å². The number of hydrogen-bond acceptors (Lipinski definition) is 4. The van der Waals surface area contributed by atoms with Crippen molar-refractivity contribution < 1.29 is 9.53 Å². The topological polar surface area (TPSA) is 67.6 Å². The molecule has 0 aromatic carbocycles. The van der Waals surface area contributed by atoms with E-state index in [1.165, 1.54) is 0 Å². The molecule has 1 amide bonds. The lowest BCUT2D eigenvalue weighted by Gasteiger charge is -2.31. The van der Waals surface area contributed by atoms with Gasteiger partial charge in [-0.15, -0.1) is 0 Å². The molecule has 1 aliphatic heterocycles. The Morgan fingerprint density at radius 2 is 2.39 bits per heavy atom. The second-order valence-corrected chi connectivity index (χ2v) is 5.37. The van der Waals surface area contributed by atoms with E-state index < -0.39 is 0 Å². The van der Waals surface area contributed by atoms with E-state index >= 15 is 0 Å². The van der Waals surface area contributed by atoms with Crippen LogP contribution < -0.4 is 11.1 Å². The SMILES string of the molecule is COCC(C)NC(=O)CN1CCCC(C(N)=S)C1. The lowest BCUT2D eigenvalue weighted by atomic mass is 9.98. The predicted molar refractivity (Wildman–Crippen MR) is 75.4 cm³/mol. The van der Waals surface area contributed by atoms with Crippen molar-refractivity contribution in [3.8, 4) is 0 Å². The Bertz CT molecular complexity index is 299. The minimum Gasteiger partial charge on any atom is -0.393 e. The maximum absolute atomic E-state index is 11.8. The molecular formula is C12H23N3O2S. The van der Waals surface area contributed by atoms with Crippen LogP contribution in [0.15, 0.2) is 0 Å². The summed E-state index contributed by atoms with van der Waals surface area (Å²) >= 11 is 5.02. The Labute approximate surface area is 114 Å². The van der Waals surface area contributed by atoms with E-state index in [4.69, 9.17) is 22.7 Å². The molecule has 1 saturated heterocycles. The Hall–Kier alpha value is -0.720. The van der Waals surface area contributed by atoms with E-state index in [0.717, 1.165) is 25.9 Å². The van der Waals surface area contributed by atoms with Gasteiger partial charge in [-0.05, 0) is 26.3 Å². The van der Waals surface area contributed by atoms with Crippen molar-refractivity contribution in [2.24, 2.45) is 11.7 Å². The Kier molecular flexibility index (Phi) is 6.52. The summed E-state index contributed by atoms with van der Waals surface area (Å²) in [7, 11) is 1.63. The van der Waals surface area contributed by atoms with Crippen LogP contribution in [-0.4, -0.2) is 55.2 Å². The molecule has 1 rings (SSSR count). The van der Waals surface area contributed by atoms with Gasteiger partial charge in [-0.2, -0.15) is 0 Å². The largest absolute Gasteiger partial charge is 0.393 e. The van der Waals surface area contributed by atoms with Crippen LogP contribution in [-0.2, 0) is 9.53 Å². The minimum atomic E-state index is 0.0307. The summed E-state index contributed by atoms with van der Waals surface area (Å²) in [4.78, 5) is 14.5. The molecule has 6 heteroatoms. The fraction of sp³-hybridized carbons (Fsp3) is 0.833. The van der Waals surface area contributed by atoms with Gasteiger partial charge in [0.25, 0.3) is 0 Å². The third-order valence-corrected chi connectivity index (χ3v) is 3.43. The quantitative estimate of drug-likeness (QED) is 0.674. The van der Waals surface area contributed by atoms with Crippen LogP contribution in [0.5, 0.6) is 0 Å². The molecule has 0 aromatic heterocycles. The van der Waals surface area contributed by atoms with Crippen LogP contribution in [0, 0.1) is 5.92 Å². The Morgan fingerprint density at radius 3 is 3.00 bits per heavy atom. The highest BCUT2D eigenvalue weighted by Gasteiger charge is 2.23. The maximum atomic E-state index is 11.8. The highest BCUT2D eigenvalue weighted by atomic mass is 32.1. The first-order valence-corrected chi connectivity index (χ1v) is 6.73. The van der Waals surface area contributed by atoms with Gasteiger partial charge in [0.15, 0.2) is 0 Å². The van der Waals surface area contributed by atoms with E-state index in [0.29, 0.717) is 18.1 Å². The molecule has 0 bridgehead atoms. The van der Waals surface area contributed by atoms with Gasteiger partial charge in [-0.3, -0.25) is 9.69 Å². The van der Waals surface area contributed by atoms with Gasteiger partial charge in [-0.25, -0.2) is 0 Å². The number of ether oxygens (including phenoxy) is 1. The average Bonchev–Trinajstić information content (AvgIpc) is 2.29. The number of likely N-dealkylation sites (tertiary alicyclic amines) is 1. The van der Waals surface area contributed by atoms with E-state index in [1.54, 1.807) is 7.11 Å². The summed E-state index contributed by atoms with van der Waals surface area (Å²) in [6.07, 6.45) is 2.08. The predicted octanol–water partition coefficient (Wildman–Crippen LogP) is 0.136. The van der Waals surface area contributed by atoms with Crippen molar-refractivity contribution in [1.82, 2.24) is 10.2 Å². The third-order valence-electron chi connectivity index (χ3n) is 3.10. The Morgan fingerprint density at radius 1 is 1.67 bits per heavy atom. The summed E-state index contributed by atoms with van der Waals surface area (Å²) in [6.45, 7) is 4.59. The number of methoxy groups -OCH3 is 1. The lowest BCUT2D eigenvalue weighted by Crippen LogP contribution is -2.47. The first kappa shape index (κ1) is 15.3. The number of carbonyl (C=O) groups is 1. The molecule has 1 fully saturated rings. The molecule has 2 atom stereocenters. The first-order valence-electron chi connectivity index (χ1n) is 6.33. The van der Waals surface area contributed by atoms with E-state index in [-0.39, 0.29) is 17.9 Å². The second-order valence-electron chi connectivity index (χ2n) is 4.90. The summed E-state index contributed by atoms with van der Waals surface area (Å²) in [5.41, 5.74) is 5.67. The van der Waals surface area contributed by atoms with Gasteiger partial charge in [0.2, 0.25) is 5.91 Å². The number of nitrogens with zero attached hydrogens (tertiary/aromatic N) is 1. The molecule has 18 heavy (non-hydrogen) atoms. The van der Waals surface area contributed by atoms with Crippen molar-refractivity contribution in [1.29, 1.82) is 0 Å². The van der Waals surface area contributed by atoms with Gasteiger partial charge in [0, 0.05) is 25.6 Å². The highest BCUT2D eigenvalue weighted by molar-refractivity contribution is 7.80. The van der Waals surface area contributed by atoms with Crippen LogP contribution in [0.3, 0.4) is 0 Å². The average molecular weight is 273 g/mol. The lowest BCUT2D eigenvalue weighted by molar-refractivity contribution is -0.123. The van der Waals surface area contributed by atoms with E-state index in [9.17, 15) is 4.79 Å². The third kappa shape index (κ3) is 5.29. The second kappa shape index (κ2) is 7.66. The molecule has 1 heterocycles. The van der Waals surface area contributed by atoms with Crippen molar-refractivity contribution >= 4 is 23.1 Å². The number of piperidine rings is 1. The van der Waals surface area contributed by atoms with Crippen LogP contribution in [0.1, 0.15) is 19.8 Å². The van der Waals surface area contributed by atoms with E-state index in [1.807, 2.05) is 6.92 Å². The molecule has 0 radical (unpaired) electrons. The zero-order chi connectivity index (χ0) is 13.5. The maximum Gasteiger partial charge on any atom is 0.234 e. The number of rotatable bonds is 6. The number of thiocarbonyl (C=S) groups is 1. The fourth-order valence-corrected chi connectivity index (χ4v) is 2.44. The summed E-state index contributed by atoms with van der Waals surface area (Å²) < 4.78 is 4.98. The van der Waals surface area contributed by atoms with Crippen molar-refractivity contribution in [3.63, 3.8) is 0 Å². The zero-order valence-corrected chi connectivity index (χ0v) is 12.0. The smallest absolute Gasteiger partial charge is 0.234 e. The minimum absolute atomic E-state index is 0.0307. The van der Waals surface area contributed by atoms with Gasteiger partial charge in [0.1, 0.15) is 0 Å². The fourth-order valence-electron chi connectivity index (χ4n) is 2.25. The molecule has 3 N–H and O–H groups in total. The van der Waals surface area contributed by atoms with Crippen LogP contribution in [0.25, 0.3) is 0 Å². The normalized spacial score (nSPS) is 22.4. The highest BCUT2D eigenvalue weighted by Crippen LogP contribution is 2.16. The van der Waals surface area contributed by atoms with Gasteiger partial charge >= 0.3 is 0 Å². The molecule has 0 aromatic rings. The van der Waals surface area contributed by atoms with Crippen molar-refractivity contribution in [3.05, 3.63) is 0 Å². The van der Waals surface area contributed by atoms with E-state index in [2.05, 4.69) is 10.2 Å². The molecule has 0 saturated carbocycles.